The highest BCUT2D eigenvalue weighted by Crippen LogP contribution is 2.44. The third-order valence-electron chi connectivity index (χ3n) is 4.76. The molecule has 2 heterocycles. The second kappa shape index (κ2) is 7.30. The van der Waals surface area contributed by atoms with Crippen molar-refractivity contribution in [3.8, 4) is 0 Å². The molecule has 0 aliphatic heterocycles. The van der Waals surface area contributed by atoms with Gasteiger partial charge < -0.3 is 0 Å². The Labute approximate surface area is 167 Å². The van der Waals surface area contributed by atoms with Crippen molar-refractivity contribution in [2.45, 2.75) is 20.8 Å². The van der Waals surface area contributed by atoms with E-state index in [0.717, 1.165) is 0 Å². The molecule has 0 saturated heterocycles. The molecule has 0 atom stereocenters. The zero-order valence-electron chi connectivity index (χ0n) is 15.9. The molecule has 0 spiro atoms. The van der Waals surface area contributed by atoms with Crippen molar-refractivity contribution >= 4 is 75.2 Å². The first kappa shape index (κ1) is 18.0. The lowest BCUT2D eigenvalue weighted by molar-refractivity contribution is 1.50. The fraction of sp³-hybridized carbons (Fsp3) is 0.120. The minimum Gasteiger partial charge on any atom is -0.134 e. The van der Waals surface area contributed by atoms with Gasteiger partial charge in [0.25, 0.3) is 0 Å². The Morgan fingerprint density at radius 1 is 0.778 bits per heavy atom. The number of benzene rings is 3. The molecule has 0 amide bonds. The van der Waals surface area contributed by atoms with Gasteiger partial charge in [0.15, 0.2) is 0 Å². The molecular weight excluding hydrogens is 364 g/mol. The van der Waals surface area contributed by atoms with Crippen LogP contribution >= 0.6 is 22.7 Å². The molecule has 0 nitrogen and oxygen atoms in total. The van der Waals surface area contributed by atoms with Crippen molar-refractivity contribution in [2.75, 3.05) is 0 Å². The lowest BCUT2D eigenvalue weighted by Crippen LogP contribution is -2.23. The van der Waals surface area contributed by atoms with Crippen molar-refractivity contribution in [1.82, 2.24) is 0 Å². The molecule has 5 rings (SSSR count). The van der Waals surface area contributed by atoms with Crippen LogP contribution in [0.4, 0.5) is 0 Å². The molecule has 2 heteroatoms. The van der Waals surface area contributed by atoms with E-state index in [2.05, 4.69) is 74.2 Å². The number of rotatable bonds is 1. The van der Waals surface area contributed by atoms with E-state index in [1.54, 1.807) is 0 Å². The summed E-state index contributed by atoms with van der Waals surface area (Å²) < 4.78 is 5.57. The lowest BCUT2D eigenvalue weighted by Gasteiger charge is -1.97. The minimum atomic E-state index is 1.24. The van der Waals surface area contributed by atoms with Crippen molar-refractivity contribution in [2.24, 2.45) is 0 Å². The Balaban J connectivity index is 0.000000872. The van der Waals surface area contributed by atoms with Gasteiger partial charge in [0, 0.05) is 20.2 Å². The van der Waals surface area contributed by atoms with Crippen LogP contribution in [0.25, 0.3) is 52.5 Å². The van der Waals surface area contributed by atoms with Crippen LogP contribution in [0.2, 0.25) is 0 Å². The molecule has 0 aliphatic carbocycles. The molecule has 27 heavy (non-hydrogen) atoms. The van der Waals surface area contributed by atoms with Gasteiger partial charge >= 0.3 is 0 Å². The van der Waals surface area contributed by atoms with Crippen LogP contribution in [-0.2, 0) is 0 Å². The Kier molecular flexibility index (Phi) is 4.86. The average molecular weight is 387 g/mol. The summed E-state index contributed by atoms with van der Waals surface area (Å²) in [7, 11) is 0. The maximum Gasteiger partial charge on any atom is 0.0542 e. The topological polar surface area (TPSA) is 0 Å². The molecule has 0 N–H and O–H groups in total. The molecule has 2 aromatic heterocycles. The lowest BCUT2D eigenvalue weighted by atomic mass is 10.1. The molecule has 0 unspecified atom stereocenters. The number of hydrogen-bond donors (Lipinski definition) is 0. The molecule has 0 radical (unpaired) electrons. The Morgan fingerprint density at radius 2 is 1.37 bits per heavy atom. The first-order valence-electron chi connectivity index (χ1n) is 9.35. The van der Waals surface area contributed by atoms with Crippen LogP contribution < -0.4 is 10.4 Å². The summed E-state index contributed by atoms with van der Waals surface area (Å²) in [5.74, 6) is 0. The summed E-state index contributed by atoms with van der Waals surface area (Å²) in [6.07, 6.45) is 6.14. The largest absolute Gasteiger partial charge is 0.134 e. The van der Waals surface area contributed by atoms with E-state index in [-0.39, 0.29) is 0 Å². The van der Waals surface area contributed by atoms with Gasteiger partial charge in [0.1, 0.15) is 0 Å². The quantitative estimate of drug-likeness (QED) is 0.285. The van der Waals surface area contributed by atoms with Crippen LogP contribution in [0.15, 0.2) is 61.2 Å². The van der Waals surface area contributed by atoms with Gasteiger partial charge in [-0.25, -0.2) is 0 Å². The molecule has 0 saturated carbocycles. The summed E-state index contributed by atoms with van der Waals surface area (Å²) in [6, 6.07) is 17.9. The van der Waals surface area contributed by atoms with E-state index in [1.165, 1.54) is 50.8 Å². The zero-order valence-corrected chi connectivity index (χ0v) is 17.5. The maximum absolute atomic E-state index is 3.86. The molecule has 0 fully saturated rings. The van der Waals surface area contributed by atoms with E-state index >= 15 is 0 Å². The van der Waals surface area contributed by atoms with Gasteiger partial charge in [-0.1, -0.05) is 62.9 Å². The fourth-order valence-electron chi connectivity index (χ4n) is 3.54. The van der Waals surface area contributed by atoms with Crippen LogP contribution in [0.3, 0.4) is 0 Å². The summed E-state index contributed by atoms with van der Waals surface area (Å²) in [4.78, 5) is 0. The van der Waals surface area contributed by atoms with Gasteiger partial charge in [-0.2, -0.15) is 0 Å². The SMILES string of the molecule is C=C/C=c1/cc2c(c/c1=C/C)sc1c3cc4ccccc4cc3sc21.CC. The number of thiophene rings is 2. The van der Waals surface area contributed by atoms with E-state index < -0.39 is 0 Å². The molecular formula is C25H22S2. The fourth-order valence-corrected chi connectivity index (χ4v) is 6.24. The Hall–Kier alpha value is -2.42. The van der Waals surface area contributed by atoms with E-state index in [9.17, 15) is 0 Å². The Morgan fingerprint density at radius 3 is 2.00 bits per heavy atom. The normalized spacial score (nSPS) is 12.9. The van der Waals surface area contributed by atoms with Gasteiger partial charge in [0.05, 0.1) is 9.40 Å². The van der Waals surface area contributed by atoms with Crippen LogP contribution in [0.5, 0.6) is 0 Å². The highest BCUT2D eigenvalue weighted by Gasteiger charge is 2.13. The summed E-state index contributed by atoms with van der Waals surface area (Å²) in [5.41, 5.74) is 0. The summed E-state index contributed by atoms with van der Waals surface area (Å²) in [6.45, 7) is 9.96. The standard InChI is InChI=1S/C23H16S2.C2H6/c1-3-7-15-10-18-20(12-14(15)4-2)24-23-19-11-16-8-5-6-9-17(16)13-21(19)25-22(18)23;1-2/h3-13H,1H2,2H3;1-2H3/b14-4-,15-7-;. The molecule has 5 aromatic rings. The zero-order chi connectivity index (χ0) is 19.0. The third-order valence-corrected chi connectivity index (χ3v) is 7.26. The van der Waals surface area contributed by atoms with Gasteiger partial charge in [0.2, 0.25) is 0 Å². The van der Waals surface area contributed by atoms with Crippen molar-refractivity contribution in [3.63, 3.8) is 0 Å². The number of allylic oxidation sites excluding steroid dienone is 1. The number of fused-ring (bicyclic) bond motifs is 6. The van der Waals surface area contributed by atoms with E-state index in [0.29, 0.717) is 0 Å². The van der Waals surface area contributed by atoms with Gasteiger partial charge in [-0.3, -0.25) is 0 Å². The highest BCUT2D eigenvalue weighted by molar-refractivity contribution is 7.36. The van der Waals surface area contributed by atoms with Crippen LogP contribution in [0, 0.1) is 0 Å². The number of hydrogen-bond acceptors (Lipinski definition) is 2. The predicted octanol–water partition coefficient (Wildman–Crippen LogP) is 7.22. The average Bonchev–Trinajstić information content (AvgIpc) is 3.23. The van der Waals surface area contributed by atoms with E-state index in [4.69, 9.17) is 0 Å². The second-order valence-corrected chi connectivity index (χ2v) is 8.33. The Bertz CT molecular complexity index is 1410. The monoisotopic (exact) mass is 386 g/mol. The summed E-state index contributed by atoms with van der Waals surface area (Å²) in [5, 5.41) is 7.90. The molecule has 134 valence electrons. The second-order valence-electron chi connectivity index (χ2n) is 6.23. The van der Waals surface area contributed by atoms with Crippen molar-refractivity contribution in [3.05, 3.63) is 71.6 Å². The van der Waals surface area contributed by atoms with Crippen molar-refractivity contribution in [1.29, 1.82) is 0 Å². The molecule has 0 bridgehead atoms. The molecule has 3 aromatic carbocycles. The molecule has 0 aliphatic rings. The predicted molar refractivity (Wildman–Crippen MR) is 128 cm³/mol. The van der Waals surface area contributed by atoms with E-state index in [1.807, 2.05) is 42.6 Å². The minimum absolute atomic E-state index is 1.24. The van der Waals surface area contributed by atoms with Crippen LogP contribution in [-0.4, -0.2) is 0 Å². The smallest absolute Gasteiger partial charge is 0.0542 e. The first-order chi connectivity index (χ1) is 13.3. The van der Waals surface area contributed by atoms with Crippen molar-refractivity contribution < 1.29 is 0 Å². The summed E-state index contributed by atoms with van der Waals surface area (Å²) >= 11 is 3.83. The van der Waals surface area contributed by atoms with Gasteiger partial charge in [-0.05, 0) is 52.4 Å². The van der Waals surface area contributed by atoms with Gasteiger partial charge in [-0.15, -0.1) is 22.7 Å². The highest BCUT2D eigenvalue weighted by atomic mass is 32.1. The van der Waals surface area contributed by atoms with Crippen LogP contribution in [0.1, 0.15) is 20.8 Å². The first-order valence-corrected chi connectivity index (χ1v) is 11.0. The third kappa shape index (κ3) is 2.90. The maximum atomic E-state index is 3.86.